The molecule has 0 N–H and O–H groups in total. The number of benzene rings is 2. The first kappa shape index (κ1) is 13.8. The fourth-order valence-electron chi connectivity index (χ4n) is 2.56. The first-order valence-corrected chi connectivity index (χ1v) is 8.57. The second-order valence-electron chi connectivity index (χ2n) is 5.18. The maximum Gasteiger partial charge on any atom is 0.0776 e. The zero-order chi connectivity index (χ0) is 13.8. The van der Waals surface area contributed by atoms with E-state index in [0.717, 1.165) is 12.8 Å². The summed E-state index contributed by atoms with van der Waals surface area (Å²) < 4.78 is 0.215. The van der Waals surface area contributed by atoms with Crippen LogP contribution in [0.25, 0.3) is 0 Å². The van der Waals surface area contributed by atoms with Gasteiger partial charge in [0, 0.05) is 0 Å². The van der Waals surface area contributed by atoms with E-state index in [0.29, 0.717) is 0 Å². The topological polar surface area (TPSA) is 0 Å². The number of hydrogen-bond acceptors (Lipinski definition) is 2. The van der Waals surface area contributed by atoms with Crippen molar-refractivity contribution in [3.63, 3.8) is 0 Å². The molecule has 0 radical (unpaired) electrons. The van der Waals surface area contributed by atoms with Crippen LogP contribution in [0.1, 0.15) is 18.1 Å². The van der Waals surface area contributed by atoms with Crippen LogP contribution in [0.15, 0.2) is 71.0 Å². The summed E-state index contributed by atoms with van der Waals surface area (Å²) in [5, 5.41) is 2.32. The summed E-state index contributed by atoms with van der Waals surface area (Å²) >= 11 is 4.02. The van der Waals surface area contributed by atoms with E-state index in [9.17, 15) is 0 Å². The van der Waals surface area contributed by atoms with Gasteiger partial charge in [0.1, 0.15) is 0 Å². The highest BCUT2D eigenvalue weighted by Crippen LogP contribution is 2.52. The van der Waals surface area contributed by atoms with Crippen molar-refractivity contribution in [2.75, 3.05) is 0 Å². The van der Waals surface area contributed by atoms with Gasteiger partial charge in [-0.1, -0.05) is 60.7 Å². The van der Waals surface area contributed by atoms with Gasteiger partial charge in [0.25, 0.3) is 0 Å². The minimum Gasteiger partial charge on any atom is -0.114 e. The minimum atomic E-state index is 0.215. The lowest BCUT2D eigenvalue weighted by molar-refractivity contribution is 0.792. The van der Waals surface area contributed by atoms with E-state index < -0.39 is 0 Å². The first-order chi connectivity index (χ1) is 9.76. The Kier molecular flexibility index (Phi) is 4.23. The zero-order valence-electron chi connectivity index (χ0n) is 11.6. The van der Waals surface area contributed by atoms with Crippen LogP contribution < -0.4 is 0 Å². The van der Waals surface area contributed by atoms with Crippen LogP contribution in [-0.2, 0) is 12.8 Å². The van der Waals surface area contributed by atoms with Gasteiger partial charge < -0.3 is 0 Å². The van der Waals surface area contributed by atoms with Gasteiger partial charge in [-0.2, -0.15) is 0 Å². The van der Waals surface area contributed by atoms with Crippen molar-refractivity contribution in [3.8, 4) is 0 Å². The predicted molar refractivity (Wildman–Crippen MR) is 92.0 cm³/mol. The van der Waals surface area contributed by atoms with Crippen LogP contribution >= 0.6 is 23.5 Å². The van der Waals surface area contributed by atoms with E-state index in [-0.39, 0.29) is 4.08 Å². The Morgan fingerprint density at radius 3 is 1.70 bits per heavy atom. The van der Waals surface area contributed by atoms with Crippen LogP contribution in [0.5, 0.6) is 0 Å². The molecule has 0 nitrogen and oxygen atoms in total. The van der Waals surface area contributed by atoms with Crippen molar-refractivity contribution >= 4 is 23.5 Å². The number of hydrogen-bond donors (Lipinski definition) is 0. The van der Waals surface area contributed by atoms with E-state index in [1.165, 1.54) is 16.0 Å². The van der Waals surface area contributed by atoms with Crippen molar-refractivity contribution in [1.29, 1.82) is 0 Å². The number of rotatable bonds is 4. The summed E-state index contributed by atoms with van der Waals surface area (Å²) in [6.45, 7) is 2.22. The monoisotopic (exact) mass is 298 g/mol. The quantitative estimate of drug-likeness (QED) is 0.730. The highest BCUT2D eigenvalue weighted by atomic mass is 32.2. The summed E-state index contributed by atoms with van der Waals surface area (Å²) in [6, 6.07) is 21.7. The Hall–Kier alpha value is -1.12. The first-order valence-electron chi connectivity index (χ1n) is 6.87. The molecule has 0 amide bonds. The zero-order valence-corrected chi connectivity index (χ0v) is 13.2. The molecular weight excluding hydrogens is 280 g/mol. The maximum absolute atomic E-state index is 2.32. The molecule has 0 saturated carbocycles. The molecule has 2 aromatic rings. The molecule has 0 atom stereocenters. The molecule has 1 heterocycles. The van der Waals surface area contributed by atoms with Gasteiger partial charge in [-0.15, -0.1) is 23.5 Å². The molecule has 2 heteroatoms. The third-order valence-corrected chi connectivity index (χ3v) is 6.40. The summed E-state index contributed by atoms with van der Waals surface area (Å²) in [4.78, 5) is 1.43. The van der Waals surface area contributed by atoms with Crippen molar-refractivity contribution in [3.05, 3.63) is 82.1 Å². The van der Waals surface area contributed by atoms with Crippen molar-refractivity contribution in [1.82, 2.24) is 0 Å². The molecule has 0 fully saturated rings. The van der Waals surface area contributed by atoms with E-state index >= 15 is 0 Å². The lowest BCUT2D eigenvalue weighted by Gasteiger charge is -2.28. The maximum atomic E-state index is 2.32. The standard InChI is InChI=1S/C18H18S2/c1-15-14-19-18(20-15,12-16-8-4-2-5-9-16)13-17-10-6-3-7-11-17/h2-11,14H,12-13H2,1H3. The second-order valence-corrected chi connectivity index (χ2v) is 8.32. The van der Waals surface area contributed by atoms with Gasteiger partial charge in [-0.25, -0.2) is 0 Å². The average Bonchev–Trinajstić information content (AvgIpc) is 2.82. The molecule has 0 aliphatic carbocycles. The third kappa shape index (κ3) is 3.31. The van der Waals surface area contributed by atoms with Gasteiger partial charge in [-0.3, -0.25) is 0 Å². The Labute approximate surface area is 129 Å². The average molecular weight is 298 g/mol. The SMILES string of the molecule is CC1=CSC(Cc2ccccc2)(Cc2ccccc2)S1. The normalized spacial score (nSPS) is 16.9. The lowest BCUT2D eigenvalue weighted by atomic mass is 10.0. The molecule has 0 aromatic heterocycles. The summed E-state index contributed by atoms with van der Waals surface area (Å²) in [6.07, 6.45) is 2.21. The molecule has 1 aliphatic heterocycles. The van der Waals surface area contributed by atoms with E-state index in [2.05, 4.69) is 73.0 Å². The Morgan fingerprint density at radius 1 is 0.800 bits per heavy atom. The molecular formula is C18H18S2. The van der Waals surface area contributed by atoms with Crippen LogP contribution in [0.3, 0.4) is 0 Å². The van der Waals surface area contributed by atoms with Gasteiger partial charge in [0.05, 0.1) is 4.08 Å². The highest BCUT2D eigenvalue weighted by Gasteiger charge is 2.35. The third-order valence-electron chi connectivity index (χ3n) is 3.42. The lowest BCUT2D eigenvalue weighted by Crippen LogP contribution is -2.24. The van der Waals surface area contributed by atoms with Crippen LogP contribution in [0, 0.1) is 0 Å². The molecule has 2 aromatic carbocycles. The van der Waals surface area contributed by atoms with Gasteiger partial charge in [0.2, 0.25) is 0 Å². The Bertz CT molecular complexity index is 546. The van der Waals surface area contributed by atoms with Gasteiger partial charge >= 0.3 is 0 Å². The Morgan fingerprint density at radius 2 is 1.30 bits per heavy atom. The number of allylic oxidation sites excluding steroid dienone is 1. The summed E-state index contributed by atoms with van der Waals surface area (Å²) in [5.41, 5.74) is 2.85. The molecule has 20 heavy (non-hydrogen) atoms. The van der Waals surface area contributed by atoms with E-state index in [4.69, 9.17) is 0 Å². The molecule has 0 unspecified atom stereocenters. The minimum absolute atomic E-state index is 0.215. The van der Waals surface area contributed by atoms with Crippen molar-refractivity contribution in [2.45, 2.75) is 23.8 Å². The van der Waals surface area contributed by atoms with Crippen LogP contribution in [0.4, 0.5) is 0 Å². The highest BCUT2D eigenvalue weighted by molar-refractivity contribution is 8.24. The molecule has 0 saturated heterocycles. The molecule has 0 bridgehead atoms. The van der Waals surface area contributed by atoms with Gasteiger partial charge in [0.15, 0.2) is 0 Å². The van der Waals surface area contributed by atoms with Crippen LogP contribution in [0.2, 0.25) is 0 Å². The Balaban J connectivity index is 1.82. The smallest absolute Gasteiger partial charge is 0.0776 e. The fraction of sp³-hybridized carbons (Fsp3) is 0.222. The summed E-state index contributed by atoms with van der Waals surface area (Å²) in [5.74, 6) is 0. The van der Waals surface area contributed by atoms with Crippen LogP contribution in [-0.4, -0.2) is 4.08 Å². The number of thioether (sulfide) groups is 2. The molecule has 3 rings (SSSR count). The fourth-order valence-corrected chi connectivity index (χ4v) is 5.58. The molecule has 1 aliphatic rings. The van der Waals surface area contributed by atoms with E-state index in [1.54, 1.807) is 0 Å². The predicted octanol–water partition coefficient (Wildman–Crippen LogP) is 5.51. The van der Waals surface area contributed by atoms with E-state index in [1.807, 2.05) is 23.5 Å². The second kappa shape index (κ2) is 6.11. The van der Waals surface area contributed by atoms with Gasteiger partial charge in [-0.05, 0) is 41.2 Å². The van der Waals surface area contributed by atoms with Crippen molar-refractivity contribution < 1.29 is 0 Å². The molecule has 0 spiro atoms. The van der Waals surface area contributed by atoms with Crippen molar-refractivity contribution in [2.24, 2.45) is 0 Å². The largest absolute Gasteiger partial charge is 0.114 e. The molecule has 102 valence electrons. The summed E-state index contributed by atoms with van der Waals surface area (Å²) in [7, 11) is 0.